The molecular weight excluding hydrogens is 419 g/mol. The van der Waals surface area contributed by atoms with Crippen molar-refractivity contribution in [2.24, 2.45) is 4.99 Å². The molecule has 0 amide bonds. The Balaban J connectivity index is 0.00000288. The SMILES string of the molecule is CCOCCCCNC(=NC)NCc1nnc2n1CCCCC2.I. The van der Waals surface area contributed by atoms with E-state index in [-0.39, 0.29) is 24.0 Å². The van der Waals surface area contributed by atoms with E-state index in [0.29, 0.717) is 6.54 Å². The first kappa shape index (κ1) is 21.1. The fourth-order valence-corrected chi connectivity index (χ4v) is 2.74. The lowest BCUT2D eigenvalue weighted by Gasteiger charge is -2.12. The van der Waals surface area contributed by atoms with Gasteiger partial charge in [0.2, 0.25) is 0 Å². The number of unbranched alkanes of at least 4 members (excludes halogenated alkanes) is 1. The lowest BCUT2D eigenvalue weighted by atomic mass is 10.2. The highest BCUT2D eigenvalue weighted by Gasteiger charge is 2.14. The predicted octanol–water partition coefficient (Wildman–Crippen LogP) is 2.10. The molecule has 0 aromatic carbocycles. The number of aliphatic imine (C=N–C) groups is 1. The maximum Gasteiger partial charge on any atom is 0.191 e. The van der Waals surface area contributed by atoms with E-state index >= 15 is 0 Å². The van der Waals surface area contributed by atoms with E-state index in [1.54, 1.807) is 7.05 Å². The van der Waals surface area contributed by atoms with Crippen LogP contribution in [0.1, 0.15) is 50.7 Å². The molecule has 0 spiro atoms. The summed E-state index contributed by atoms with van der Waals surface area (Å²) in [7, 11) is 1.79. The van der Waals surface area contributed by atoms with Crippen molar-refractivity contribution in [2.45, 2.75) is 58.5 Å². The topological polar surface area (TPSA) is 76.4 Å². The normalized spacial score (nSPS) is 14.5. The van der Waals surface area contributed by atoms with Crippen molar-refractivity contribution < 1.29 is 4.74 Å². The van der Waals surface area contributed by atoms with E-state index in [2.05, 4.69) is 30.4 Å². The third-order valence-corrected chi connectivity index (χ3v) is 4.04. The quantitative estimate of drug-likeness (QED) is 0.275. The highest BCUT2D eigenvalue weighted by molar-refractivity contribution is 14.0. The van der Waals surface area contributed by atoms with Gasteiger partial charge in [-0.15, -0.1) is 34.2 Å². The molecule has 1 aliphatic rings. The summed E-state index contributed by atoms with van der Waals surface area (Å²) in [4.78, 5) is 4.26. The highest BCUT2D eigenvalue weighted by atomic mass is 127. The van der Waals surface area contributed by atoms with Crippen molar-refractivity contribution in [1.82, 2.24) is 25.4 Å². The molecule has 24 heavy (non-hydrogen) atoms. The van der Waals surface area contributed by atoms with Gasteiger partial charge in [0.1, 0.15) is 5.82 Å². The summed E-state index contributed by atoms with van der Waals surface area (Å²) >= 11 is 0. The zero-order valence-electron chi connectivity index (χ0n) is 14.9. The molecule has 7 nitrogen and oxygen atoms in total. The number of rotatable bonds is 8. The minimum Gasteiger partial charge on any atom is -0.382 e. The molecule has 0 unspecified atom stereocenters. The van der Waals surface area contributed by atoms with Crippen molar-refractivity contribution in [2.75, 3.05) is 26.8 Å². The van der Waals surface area contributed by atoms with E-state index in [1.807, 2.05) is 6.92 Å². The molecule has 138 valence electrons. The monoisotopic (exact) mass is 450 g/mol. The van der Waals surface area contributed by atoms with Gasteiger partial charge in [-0.05, 0) is 32.6 Å². The Morgan fingerprint density at radius 3 is 2.88 bits per heavy atom. The average molecular weight is 450 g/mol. The second-order valence-corrected chi connectivity index (χ2v) is 5.75. The van der Waals surface area contributed by atoms with E-state index in [1.165, 1.54) is 19.3 Å². The molecule has 0 saturated carbocycles. The van der Waals surface area contributed by atoms with Gasteiger partial charge in [-0.1, -0.05) is 6.42 Å². The van der Waals surface area contributed by atoms with E-state index < -0.39 is 0 Å². The molecule has 2 heterocycles. The van der Waals surface area contributed by atoms with Crippen molar-refractivity contribution in [3.63, 3.8) is 0 Å². The molecule has 0 fully saturated rings. The number of aryl methyl sites for hydroxylation is 1. The molecule has 0 saturated heterocycles. The van der Waals surface area contributed by atoms with Crippen LogP contribution in [-0.4, -0.2) is 47.5 Å². The smallest absolute Gasteiger partial charge is 0.191 e. The fourth-order valence-electron chi connectivity index (χ4n) is 2.74. The lowest BCUT2D eigenvalue weighted by Crippen LogP contribution is -2.38. The number of fused-ring (bicyclic) bond motifs is 1. The Kier molecular flexibility index (Phi) is 11.0. The number of guanidine groups is 1. The average Bonchev–Trinajstić information content (AvgIpc) is 2.80. The van der Waals surface area contributed by atoms with Crippen LogP contribution in [0, 0.1) is 0 Å². The maximum atomic E-state index is 5.33. The van der Waals surface area contributed by atoms with Gasteiger partial charge in [0.25, 0.3) is 0 Å². The summed E-state index contributed by atoms with van der Waals surface area (Å²) in [6.07, 6.45) is 6.89. The summed E-state index contributed by atoms with van der Waals surface area (Å²) in [5.74, 6) is 2.94. The van der Waals surface area contributed by atoms with Crippen LogP contribution in [0.2, 0.25) is 0 Å². The first-order chi connectivity index (χ1) is 11.3. The first-order valence-electron chi connectivity index (χ1n) is 8.78. The predicted molar refractivity (Wildman–Crippen MR) is 107 cm³/mol. The lowest BCUT2D eigenvalue weighted by molar-refractivity contribution is 0.143. The number of hydrogen-bond acceptors (Lipinski definition) is 4. The van der Waals surface area contributed by atoms with Crippen LogP contribution >= 0.6 is 24.0 Å². The minimum absolute atomic E-state index is 0. The molecule has 1 aromatic rings. The van der Waals surface area contributed by atoms with Gasteiger partial charge in [-0.25, -0.2) is 0 Å². The molecule has 0 bridgehead atoms. The Morgan fingerprint density at radius 2 is 2.08 bits per heavy atom. The van der Waals surface area contributed by atoms with Gasteiger partial charge in [-0.2, -0.15) is 0 Å². The van der Waals surface area contributed by atoms with Gasteiger partial charge in [0, 0.05) is 39.8 Å². The zero-order valence-corrected chi connectivity index (χ0v) is 17.2. The fraction of sp³-hybridized carbons (Fsp3) is 0.812. The van der Waals surface area contributed by atoms with Crippen LogP contribution in [0.15, 0.2) is 4.99 Å². The summed E-state index contributed by atoms with van der Waals surface area (Å²) in [6, 6.07) is 0. The van der Waals surface area contributed by atoms with Crippen molar-refractivity contribution in [3.05, 3.63) is 11.6 Å². The Morgan fingerprint density at radius 1 is 1.21 bits per heavy atom. The van der Waals surface area contributed by atoms with Crippen molar-refractivity contribution >= 4 is 29.9 Å². The molecule has 0 aliphatic carbocycles. The number of hydrogen-bond donors (Lipinski definition) is 2. The molecule has 1 aromatic heterocycles. The third kappa shape index (κ3) is 6.92. The summed E-state index contributed by atoms with van der Waals surface area (Å²) < 4.78 is 7.59. The van der Waals surface area contributed by atoms with Crippen LogP contribution in [0.5, 0.6) is 0 Å². The second kappa shape index (κ2) is 12.5. The van der Waals surface area contributed by atoms with Crippen LogP contribution in [0.4, 0.5) is 0 Å². The number of nitrogens with zero attached hydrogens (tertiary/aromatic N) is 4. The van der Waals surface area contributed by atoms with Gasteiger partial charge in [-0.3, -0.25) is 4.99 Å². The Bertz CT molecular complexity index is 491. The molecule has 0 radical (unpaired) electrons. The van der Waals surface area contributed by atoms with Gasteiger partial charge < -0.3 is 19.9 Å². The van der Waals surface area contributed by atoms with Gasteiger partial charge in [0.15, 0.2) is 11.8 Å². The first-order valence-corrected chi connectivity index (χ1v) is 8.78. The molecule has 0 atom stereocenters. The molecule has 2 rings (SSSR count). The second-order valence-electron chi connectivity index (χ2n) is 5.75. The van der Waals surface area contributed by atoms with Gasteiger partial charge >= 0.3 is 0 Å². The van der Waals surface area contributed by atoms with Crippen molar-refractivity contribution in [1.29, 1.82) is 0 Å². The maximum absolute atomic E-state index is 5.33. The standard InChI is InChI=1S/C16H30N6O.HI/c1-3-23-12-8-6-10-18-16(17-2)19-13-15-21-20-14-9-5-4-7-11-22(14)15;/h3-13H2,1-2H3,(H2,17,18,19);1H. The summed E-state index contributed by atoms with van der Waals surface area (Å²) in [5.41, 5.74) is 0. The van der Waals surface area contributed by atoms with E-state index in [9.17, 15) is 0 Å². The third-order valence-electron chi connectivity index (χ3n) is 4.04. The highest BCUT2D eigenvalue weighted by Crippen LogP contribution is 2.14. The zero-order chi connectivity index (χ0) is 16.3. The van der Waals surface area contributed by atoms with Crippen LogP contribution in [0.3, 0.4) is 0 Å². The van der Waals surface area contributed by atoms with Crippen LogP contribution in [0.25, 0.3) is 0 Å². The molecule has 2 N–H and O–H groups in total. The number of halogens is 1. The van der Waals surface area contributed by atoms with Crippen LogP contribution in [-0.2, 0) is 24.2 Å². The van der Waals surface area contributed by atoms with E-state index in [4.69, 9.17) is 4.74 Å². The minimum atomic E-state index is 0. The molecule has 1 aliphatic heterocycles. The Hall–Kier alpha value is -0.900. The Labute approximate surface area is 162 Å². The van der Waals surface area contributed by atoms with Gasteiger partial charge in [0.05, 0.1) is 6.54 Å². The van der Waals surface area contributed by atoms with E-state index in [0.717, 1.165) is 63.2 Å². The molecular formula is C16H31IN6O. The number of aromatic nitrogens is 3. The summed E-state index contributed by atoms with van der Waals surface area (Å²) in [5, 5.41) is 15.3. The van der Waals surface area contributed by atoms with Crippen molar-refractivity contribution in [3.8, 4) is 0 Å². The largest absolute Gasteiger partial charge is 0.382 e. The number of ether oxygens (including phenoxy) is 1. The van der Waals surface area contributed by atoms with Crippen LogP contribution < -0.4 is 10.6 Å². The number of nitrogens with one attached hydrogen (secondary N) is 2. The molecule has 8 heteroatoms. The summed E-state index contributed by atoms with van der Waals surface area (Å²) in [6.45, 7) is 6.23.